The minimum absolute atomic E-state index is 0.548. The van der Waals surface area contributed by atoms with E-state index < -0.39 is 0 Å². The van der Waals surface area contributed by atoms with Gasteiger partial charge >= 0.3 is 0 Å². The Hall–Kier alpha value is -1.06. The van der Waals surface area contributed by atoms with Crippen LogP contribution in [0.5, 0.6) is 0 Å². The van der Waals surface area contributed by atoms with Crippen LogP contribution >= 0.6 is 11.6 Å². The van der Waals surface area contributed by atoms with Crippen molar-refractivity contribution in [2.45, 2.75) is 18.9 Å². The van der Waals surface area contributed by atoms with Crippen LogP contribution in [0.1, 0.15) is 23.2 Å². The first-order chi connectivity index (χ1) is 8.79. The number of piperazine rings is 1. The van der Waals surface area contributed by atoms with E-state index in [-0.39, 0.29) is 0 Å². The van der Waals surface area contributed by atoms with Crippen molar-refractivity contribution < 1.29 is 4.79 Å². The fraction of sp³-hybridized carbons (Fsp3) is 0.500. The largest absolute Gasteiger partial charge is 0.368 e. The molecule has 1 saturated heterocycles. The van der Waals surface area contributed by atoms with Gasteiger partial charge in [0, 0.05) is 37.9 Å². The highest BCUT2D eigenvalue weighted by molar-refractivity contribution is 6.33. The number of anilines is 1. The van der Waals surface area contributed by atoms with Crippen LogP contribution in [0.15, 0.2) is 18.2 Å². The fourth-order valence-electron chi connectivity index (χ4n) is 2.69. The Balaban J connectivity index is 1.75. The molecule has 3 nitrogen and oxygen atoms in total. The molecule has 3 rings (SSSR count). The molecular formula is C14H17ClN2O. The van der Waals surface area contributed by atoms with E-state index in [1.54, 1.807) is 6.07 Å². The van der Waals surface area contributed by atoms with Crippen LogP contribution in [0.2, 0.25) is 5.02 Å². The maximum atomic E-state index is 11.2. The van der Waals surface area contributed by atoms with Gasteiger partial charge in [0.15, 0.2) is 6.29 Å². The van der Waals surface area contributed by atoms with E-state index in [4.69, 9.17) is 11.6 Å². The smallest absolute Gasteiger partial charge is 0.153 e. The second-order valence-corrected chi connectivity index (χ2v) is 5.45. The molecule has 96 valence electrons. The van der Waals surface area contributed by atoms with E-state index in [0.29, 0.717) is 10.6 Å². The predicted molar refractivity (Wildman–Crippen MR) is 73.6 cm³/mol. The van der Waals surface area contributed by atoms with Crippen molar-refractivity contribution >= 4 is 23.6 Å². The lowest BCUT2D eigenvalue weighted by Crippen LogP contribution is -2.47. The van der Waals surface area contributed by atoms with Crippen molar-refractivity contribution in [1.29, 1.82) is 0 Å². The molecule has 18 heavy (non-hydrogen) atoms. The lowest BCUT2D eigenvalue weighted by atomic mass is 10.1. The van der Waals surface area contributed by atoms with E-state index in [2.05, 4.69) is 9.80 Å². The summed E-state index contributed by atoms with van der Waals surface area (Å²) in [5.74, 6) is 0. The molecule has 0 radical (unpaired) electrons. The van der Waals surface area contributed by atoms with Crippen molar-refractivity contribution in [3.8, 4) is 0 Å². The van der Waals surface area contributed by atoms with Crippen LogP contribution in [0.4, 0.5) is 5.69 Å². The number of rotatable bonds is 3. The molecule has 1 aliphatic heterocycles. The number of carbonyl (C=O) groups is 1. The summed E-state index contributed by atoms with van der Waals surface area (Å²) in [7, 11) is 0. The van der Waals surface area contributed by atoms with Crippen molar-refractivity contribution in [3.05, 3.63) is 28.8 Å². The second kappa shape index (κ2) is 4.90. The van der Waals surface area contributed by atoms with Gasteiger partial charge in [0.1, 0.15) is 0 Å². The van der Waals surface area contributed by atoms with Crippen molar-refractivity contribution in [3.63, 3.8) is 0 Å². The number of halogens is 1. The second-order valence-electron chi connectivity index (χ2n) is 5.04. The average molecular weight is 265 g/mol. The molecule has 0 atom stereocenters. The molecule has 2 aliphatic rings. The summed E-state index contributed by atoms with van der Waals surface area (Å²) in [6, 6.07) is 6.51. The van der Waals surface area contributed by atoms with E-state index in [0.717, 1.165) is 44.2 Å². The molecule has 0 aromatic heterocycles. The zero-order valence-electron chi connectivity index (χ0n) is 10.3. The first-order valence-corrected chi connectivity index (χ1v) is 6.90. The predicted octanol–water partition coefficient (Wildman–Crippen LogP) is 2.44. The van der Waals surface area contributed by atoms with Gasteiger partial charge < -0.3 is 4.90 Å². The third-order valence-corrected chi connectivity index (χ3v) is 4.20. The van der Waals surface area contributed by atoms with Crippen LogP contribution in [0.3, 0.4) is 0 Å². The van der Waals surface area contributed by atoms with Crippen molar-refractivity contribution in [2.75, 3.05) is 31.1 Å². The first-order valence-electron chi connectivity index (χ1n) is 6.52. The van der Waals surface area contributed by atoms with Gasteiger partial charge in [-0.2, -0.15) is 0 Å². The van der Waals surface area contributed by atoms with Gasteiger partial charge in [-0.05, 0) is 25.0 Å². The van der Waals surface area contributed by atoms with Gasteiger partial charge in [-0.25, -0.2) is 0 Å². The molecule has 1 aliphatic carbocycles. The monoisotopic (exact) mass is 264 g/mol. The Bertz CT molecular complexity index is 451. The SMILES string of the molecule is O=Cc1c(Cl)cccc1N1CCN(C2CC2)CC1. The molecule has 2 fully saturated rings. The van der Waals surface area contributed by atoms with Crippen LogP contribution in [-0.2, 0) is 0 Å². The molecule has 0 N–H and O–H groups in total. The molecule has 1 aromatic rings. The quantitative estimate of drug-likeness (QED) is 0.784. The molecule has 0 unspecified atom stereocenters. The van der Waals surface area contributed by atoms with Gasteiger partial charge in [0.05, 0.1) is 10.6 Å². The summed E-state index contributed by atoms with van der Waals surface area (Å²) >= 11 is 6.07. The van der Waals surface area contributed by atoms with E-state index in [1.165, 1.54) is 12.8 Å². The minimum Gasteiger partial charge on any atom is -0.368 e. The summed E-state index contributed by atoms with van der Waals surface area (Å²) in [5.41, 5.74) is 1.60. The molecular weight excluding hydrogens is 248 g/mol. The normalized spacial score (nSPS) is 21.1. The Morgan fingerprint density at radius 1 is 1.17 bits per heavy atom. The minimum atomic E-state index is 0.548. The van der Waals surface area contributed by atoms with Gasteiger partial charge in [0.2, 0.25) is 0 Å². The van der Waals surface area contributed by atoms with Crippen LogP contribution < -0.4 is 4.90 Å². The number of hydrogen-bond donors (Lipinski definition) is 0. The molecule has 0 spiro atoms. The summed E-state index contributed by atoms with van der Waals surface area (Å²) in [6.07, 6.45) is 3.58. The Morgan fingerprint density at radius 3 is 2.50 bits per heavy atom. The summed E-state index contributed by atoms with van der Waals surface area (Å²) < 4.78 is 0. The molecule has 1 saturated carbocycles. The molecule has 4 heteroatoms. The summed E-state index contributed by atoms with van der Waals surface area (Å²) in [4.78, 5) is 16.0. The highest BCUT2D eigenvalue weighted by atomic mass is 35.5. The van der Waals surface area contributed by atoms with Crippen molar-refractivity contribution in [1.82, 2.24) is 4.90 Å². The number of benzene rings is 1. The maximum absolute atomic E-state index is 11.2. The standard InChI is InChI=1S/C14H17ClN2O/c15-13-2-1-3-14(12(13)10-18)17-8-6-16(7-9-17)11-4-5-11/h1-3,10-11H,4-9H2. The lowest BCUT2D eigenvalue weighted by Gasteiger charge is -2.36. The van der Waals surface area contributed by atoms with Crippen molar-refractivity contribution in [2.24, 2.45) is 0 Å². The Labute approximate surface area is 112 Å². The highest BCUT2D eigenvalue weighted by Crippen LogP contribution is 2.30. The fourth-order valence-corrected chi connectivity index (χ4v) is 2.90. The molecule has 0 amide bonds. The number of hydrogen-bond acceptors (Lipinski definition) is 3. The van der Waals surface area contributed by atoms with E-state index >= 15 is 0 Å². The third-order valence-electron chi connectivity index (χ3n) is 3.87. The van der Waals surface area contributed by atoms with Gasteiger partial charge in [-0.1, -0.05) is 17.7 Å². The van der Waals surface area contributed by atoms with Crippen LogP contribution in [-0.4, -0.2) is 43.4 Å². The lowest BCUT2D eigenvalue weighted by molar-refractivity contribution is 0.112. The average Bonchev–Trinajstić information content (AvgIpc) is 3.23. The van der Waals surface area contributed by atoms with Gasteiger partial charge in [-0.3, -0.25) is 9.69 Å². The van der Waals surface area contributed by atoms with Gasteiger partial charge in [-0.15, -0.1) is 0 Å². The topological polar surface area (TPSA) is 23.6 Å². The number of nitrogens with zero attached hydrogens (tertiary/aromatic N) is 2. The van der Waals surface area contributed by atoms with Crippen LogP contribution in [0, 0.1) is 0 Å². The molecule has 1 aromatic carbocycles. The van der Waals surface area contributed by atoms with E-state index in [9.17, 15) is 4.79 Å². The molecule has 0 bridgehead atoms. The summed E-state index contributed by atoms with van der Waals surface area (Å²) in [5, 5.41) is 0.548. The van der Waals surface area contributed by atoms with Crippen LogP contribution in [0.25, 0.3) is 0 Å². The van der Waals surface area contributed by atoms with Gasteiger partial charge in [0.25, 0.3) is 0 Å². The maximum Gasteiger partial charge on any atom is 0.153 e. The Kier molecular flexibility index (Phi) is 3.27. The third kappa shape index (κ3) is 2.25. The summed E-state index contributed by atoms with van der Waals surface area (Å²) in [6.45, 7) is 4.15. The number of aldehydes is 1. The number of carbonyl (C=O) groups excluding carboxylic acids is 1. The van der Waals surface area contributed by atoms with E-state index in [1.807, 2.05) is 12.1 Å². The zero-order valence-corrected chi connectivity index (χ0v) is 11.1. The first kappa shape index (κ1) is 12.0. The molecule has 1 heterocycles. The zero-order chi connectivity index (χ0) is 12.5. The Morgan fingerprint density at radius 2 is 1.89 bits per heavy atom. The highest BCUT2D eigenvalue weighted by Gasteiger charge is 2.31.